The van der Waals surface area contributed by atoms with Gasteiger partial charge in [0.2, 0.25) is 0 Å². The van der Waals surface area contributed by atoms with Crippen LogP contribution in [0.4, 0.5) is 13.2 Å². The molecule has 0 atom stereocenters. The topological polar surface area (TPSA) is 48.0 Å². The molecule has 3 aromatic rings. The molecule has 0 amide bonds. The first-order valence-electron chi connectivity index (χ1n) is 6.28. The largest absolute Gasteiger partial charge is 0.459 e. The summed E-state index contributed by atoms with van der Waals surface area (Å²) in [7, 11) is 0. The Balaban J connectivity index is 2.12. The summed E-state index contributed by atoms with van der Waals surface area (Å²) in [6.07, 6.45) is -3.50. The van der Waals surface area contributed by atoms with Crippen LogP contribution >= 0.6 is 0 Å². The third kappa shape index (κ3) is 2.52. The highest BCUT2D eigenvalue weighted by atomic mass is 19.4. The second kappa shape index (κ2) is 5.18. The number of nitrogens with zero attached hydrogens (tertiary/aromatic N) is 2. The lowest BCUT2D eigenvalue weighted by Gasteiger charge is -2.07. The molecule has 0 saturated heterocycles. The number of carbonyl (C=O) groups excluding carboxylic acids is 1. The minimum atomic E-state index is -4.71. The highest BCUT2D eigenvalue weighted by Crippen LogP contribution is 2.32. The van der Waals surface area contributed by atoms with E-state index >= 15 is 0 Å². The normalized spacial score (nSPS) is 11.6. The van der Waals surface area contributed by atoms with Crippen LogP contribution in [0, 0.1) is 0 Å². The van der Waals surface area contributed by atoms with Crippen LogP contribution in [0.2, 0.25) is 0 Å². The highest BCUT2D eigenvalue weighted by molar-refractivity contribution is 5.93. The summed E-state index contributed by atoms with van der Waals surface area (Å²) < 4.78 is 44.6. The fourth-order valence-electron chi connectivity index (χ4n) is 1.99. The zero-order valence-corrected chi connectivity index (χ0v) is 11.0. The number of halogens is 3. The van der Waals surface area contributed by atoms with Crippen molar-refractivity contribution in [1.82, 2.24) is 9.78 Å². The van der Waals surface area contributed by atoms with E-state index in [4.69, 9.17) is 4.42 Å². The SMILES string of the molecule is O=C(c1ccco1)n1nc(-c2ccccc2)cc1C(F)(F)F. The second-order valence-corrected chi connectivity index (χ2v) is 4.47. The van der Waals surface area contributed by atoms with Gasteiger partial charge in [-0.2, -0.15) is 23.0 Å². The second-order valence-electron chi connectivity index (χ2n) is 4.47. The summed E-state index contributed by atoms with van der Waals surface area (Å²) in [5, 5.41) is 3.79. The maximum absolute atomic E-state index is 13.1. The summed E-state index contributed by atoms with van der Waals surface area (Å²) in [4.78, 5) is 12.1. The van der Waals surface area contributed by atoms with Crippen LogP contribution in [0.1, 0.15) is 16.2 Å². The zero-order chi connectivity index (χ0) is 15.7. The first-order chi connectivity index (χ1) is 10.5. The Morgan fingerprint density at radius 2 is 1.82 bits per heavy atom. The summed E-state index contributed by atoms with van der Waals surface area (Å²) >= 11 is 0. The van der Waals surface area contributed by atoms with Crippen molar-refractivity contribution in [3.05, 3.63) is 66.2 Å². The van der Waals surface area contributed by atoms with Gasteiger partial charge in [-0.05, 0) is 18.2 Å². The van der Waals surface area contributed by atoms with Crippen molar-refractivity contribution in [3.63, 3.8) is 0 Å². The number of rotatable bonds is 2. The average Bonchev–Trinajstić information content (AvgIpc) is 3.16. The van der Waals surface area contributed by atoms with Crippen LogP contribution in [-0.4, -0.2) is 15.7 Å². The average molecular weight is 306 g/mol. The first-order valence-corrected chi connectivity index (χ1v) is 6.28. The molecule has 0 aliphatic heterocycles. The van der Waals surface area contributed by atoms with Gasteiger partial charge in [0.05, 0.1) is 12.0 Å². The van der Waals surface area contributed by atoms with Gasteiger partial charge in [0.15, 0.2) is 11.5 Å². The lowest BCUT2D eigenvalue weighted by Crippen LogP contribution is -2.21. The van der Waals surface area contributed by atoms with Gasteiger partial charge in [-0.3, -0.25) is 4.79 Å². The molecule has 4 nitrogen and oxygen atoms in total. The molecule has 2 heterocycles. The third-order valence-electron chi connectivity index (χ3n) is 2.99. The fraction of sp³-hybridized carbons (Fsp3) is 0.0667. The van der Waals surface area contributed by atoms with Gasteiger partial charge in [0.25, 0.3) is 0 Å². The molecule has 0 fully saturated rings. The van der Waals surface area contributed by atoms with E-state index in [0.29, 0.717) is 10.2 Å². The number of furan rings is 1. The van der Waals surface area contributed by atoms with Crippen LogP contribution in [-0.2, 0) is 6.18 Å². The lowest BCUT2D eigenvalue weighted by atomic mass is 10.1. The van der Waals surface area contributed by atoms with E-state index in [2.05, 4.69) is 5.10 Å². The van der Waals surface area contributed by atoms with Crippen molar-refractivity contribution in [1.29, 1.82) is 0 Å². The molecule has 0 saturated carbocycles. The number of carbonyl (C=O) groups is 1. The molecule has 7 heteroatoms. The molecule has 0 aliphatic rings. The van der Waals surface area contributed by atoms with Crippen molar-refractivity contribution >= 4 is 5.91 Å². The van der Waals surface area contributed by atoms with Crippen LogP contribution in [0.5, 0.6) is 0 Å². The van der Waals surface area contributed by atoms with E-state index in [1.807, 2.05) is 0 Å². The number of alkyl halides is 3. The van der Waals surface area contributed by atoms with Crippen LogP contribution < -0.4 is 0 Å². The molecule has 0 bridgehead atoms. The monoisotopic (exact) mass is 306 g/mol. The summed E-state index contributed by atoms with van der Waals surface area (Å²) in [5.41, 5.74) is -0.598. The molecule has 0 unspecified atom stereocenters. The van der Waals surface area contributed by atoms with Gasteiger partial charge in [-0.15, -0.1) is 0 Å². The summed E-state index contributed by atoms with van der Waals surface area (Å²) in [6, 6.07) is 11.9. The van der Waals surface area contributed by atoms with E-state index in [0.717, 1.165) is 6.07 Å². The Morgan fingerprint density at radius 3 is 2.41 bits per heavy atom. The molecular weight excluding hydrogens is 297 g/mol. The number of hydrogen-bond donors (Lipinski definition) is 0. The summed E-state index contributed by atoms with van der Waals surface area (Å²) in [5.74, 6) is -1.19. The molecule has 0 aliphatic carbocycles. The van der Waals surface area contributed by atoms with Crippen molar-refractivity contribution in [2.24, 2.45) is 0 Å². The molecule has 22 heavy (non-hydrogen) atoms. The molecule has 2 aromatic heterocycles. The van der Waals surface area contributed by atoms with Crippen molar-refractivity contribution in [3.8, 4) is 11.3 Å². The zero-order valence-electron chi connectivity index (χ0n) is 11.0. The smallest absolute Gasteiger partial charge is 0.433 e. The van der Waals surface area contributed by atoms with Crippen molar-refractivity contribution in [2.75, 3.05) is 0 Å². The van der Waals surface area contributed by atoms with Gasteiger partial charge in [0, 0.05) is 5.56 Å². The minimum Gasteiger partial charge on any atom is -0.459 e. The Morgan fingerprint density at radius 1 is 1.09 bits per heavy atom. The van der Waals surface area contributed by atoms with Crippen molar-refractivity contribution in [2.45, 2.75) is 6.18 Å². The minimum absolute atomic E-state index is 0.0628. The predicted octanol–water partition coefficient (Wildman–Crippen LogP) is 3.85. The van der Waals surface area contributed by atoms with E-state index in [1.54, 1.807) is 30.3 Å². The molecular formula is C15H9F3N2O2. The van der Waals surface area contributed by atoms with E-state index in [-0.39, 0.29) is 11.5 Å². The maximum atomic E-state index is 13.1. The van der Waals surface area contributed by atoms with Crippen LogP contribution in [0.3, 0.4) is 0 Å². The van der Waals surface area contributed by atoms with Gasteiger partial charge in [0.1, 0.15) is 0 Å². The standard InChI is InChI=1S/C15H9F3N2O2/c16-15(17,18)13-9-11(10-5-2-1-3-6-10)19-20(13)14(21)12-7-4-8-22-12/h1-9H. The fourth-order valence-corrected chi connectivity index (χ4v) is 1.99. The third-order valence-corrected chi connectivity index (χ3v) is 2.99. The number of benzene rings is 1. The summed E-state index contributed by atoms with van der Waals surface area (Å²) in [6.45, 7) is 0. The van der Waals surface area contributed by atoms with Crippen LogP contribution in [0.15, 0.2) is 59.2 Å². The van der Waals surface area contributed by atoms with Gasteiger partial charge in [-0.1, -0.05) is 30.3 Å². The highest BCUT2D eigenvalue weighted by Gasteiger charge is 2.38. The molecule has 3 rings (SSSR count). The Bertz CT molecular complexity index is 790. The van der Waals surface area contributed by atoms with E-state index in [9.17, 15) is 18.0 Å². The number of hydrogen-bond acceptors (Lipinski definition) is 3. The molecule has 1 aromatic carbocycles. The van der Waals surface area contributed by atoms with E-state index < -0.39 is 17.8 Å². The van der Waals surface area contributed by atoms with Crippen LogP contribution in [0.25, 0.3) is 11.3 Å². The molecule has 0 spiro atoms. The predicted molar refractivity (Wildman–Crippen MR) is 71.1 cm³/mol. The number of aromatic nitrogens is 2. The first kappa shape index (κ1) is 14.1. The Labute approximate surface area is 122 Å². The molecule has 0 N–H and O–H groups in total. The van der Waals surface area contributed by atoms with Crippen molar-refractivity contribution < 1.29 is 22.4 Å². The maximum Gasteiger partial charge on any atom is 0.433 e. The van der Waals surface area contributed by atoms with Gasteiger partial charge in [-0.25, -0.2) is 0 Å². The Hall–Kier alpha value is -2.83. The van der Waals surface area contributed by atoms with Gasteiger partial charge >= 0.3 is 12.1 Å². The Kier molecular flexibility index (Phi) is 3.32. The molecule has 112 valence electrons. The van der Waals surface area contributed by atoms with Gasteiger partial charge < -0.3 is 4.42 Å². The quantitative estimate of drug-likeness (QED) is 0.722. The molecule has 0 radical (unpaired) electrons. The lowest BCUT2D eigenvalue weighted by molar-refractivity contribution is -0.143. The van der Waals surface area contributed by atoms with E-state index in [1.165, 1.54) is 18.4 Å².